The lowest BCUT2D eigenvalue weighted by molar-refractivity contribution is 0.212. The Hall–Kier alpha value is -1.38. The van der Waals surface area contributed by atoms with Crippen molar-refractivity contribution in [1.82, 2.24) is 0 Å². The molecule has 106 valence electrons. The molecule has 0 fully saturated rings. The molecule has 0 aliphatic rings. The summed E-state index contributed by atoms with van der Waals surface area (Å²) in [7, 11) is 0. The highest BCUT2D eigenvalue weighted by Crippen LogP contribution is 2.27. The number of allylic oxidation sites excluding steroid dienone is 4. The predicted octanol–water partition coefficient (Wildman–Crippen LogP) is 6.01. The quantitative estimate of drug-likeness (QED) is 0.450. The van der Waals surface area contributed by atoms with Gasteiger partial charge in [-0.25, -0.2) is 0 Å². The van der Waals surface area contributed by atoms with E-state index in [1.165, 1.54) is 0 Å². The van der Waals surface area contributed by atoms with E-state index in [0.717, 1.165) is 20.4 Å². The Morgan fingerprint density at radius 3 is 2.45 bits per heavy atom. The van der Waals surface area contributed by atoms with Gasteiger partial charge in [0.2, 0.25) is 0 Å². The Kier molecular flexibility index (Phi) is 7.27. The number of ether oxygens (including phenoxy) is 1. The van der Waals surface area contributed by atoms with Gasteiger partial charge in [0.25, 0.3) is 0 Å². The van der Waals surface area contributed by atoms with E-state index in [1.807, 2.05) is 56.3 Å². The molecule has 0 heterocycles. The van der Waals surface area contributed by atoms with Gasteiger partial charge in [-0.05, 0) is 36.5 Å². The average Bonchev–Trinajstić information content (AvgIpc) is 2.36. The van der Waals surface area contributed by atoms with E-state index < -0.39 is 0 Å². The van der Waals surface area contributed by atoms with Crippen molar-refractivity contribution in [2.24, 2.45) is 0 Å². The minimum absolute atomic E-state index is 0.524. The van der Waals surface area contributed by atoms with Crippen LogP contribution in [0.4, 0.5) is 0 Å². The summed E-state index contributed by atoms with van der Waals surface area (Å²) in [6.45, 7) is 12.2. The zero-order valence-corrected chi connectivity index (χ0v) is 13.4. The molecular formula is C17H19ClOS. The molecule has 0 saturated heterocycles. The molecule has 1 rings (SSSR count). The lowest BCUT2D eigenvalue weighted by Crippen LogP contribution is -1.90. The van der Waals surface area contributed by atoms with Crippen molar-refractivity contribution in [3.05, 3.63) is 81.8 Å². The maximum absolute atomic E-state index is 5.80. The Morgan fingerprint density at radius 1 is 1.20 bits per heavy atom. The second-order valence-electron chi connectivity index (χ2n) is 4.30. The zero-order chi connectivity index (χ0) is 15.0. The average molecular weight is 307 g/mol. The highest BCUT2D eigenvalue weighted by atomic mass is 35.5. The Balaban J connectivity index is 2.46. The van der Waals surface area contributed by atoms with Crippen LogP contribution in [0.1, 0.15) is 19.4 Å². The van der Waals surface area contributed by atoms with E-state index in [0.29, 0.717) is 12.4 Å². The first kappa shape index (κ1) is 16.7. The summed E-state index contributed by atoms with van der Waals surface area (Å²) in [6.07, 6.45) is 3.73. The fourth-order valence-electron chi connectivity index (χ4n) is 1.51. The third-order valence-corrected chi connectivity index (χ3v) is 3.21. The van der Waals surface area contributed by atoms with Crippen LogP contribution in [0.2, 0.25) is 0 Å². The van der Waals surface area contributed by atoms with Gasteiger partial charge in [0.15, 0.2) is 0 Å². The largest absolute Gasteiger partial charge is 0.490 e. The lowest BCUT2D eigenvalue weighted by Gasteiger charge is -2.07. The smallest absolute Gasteiger partial charge is 0.113 e. The number of rotatable bonds is 7. The van der Waals surface area contributed by atoms with E-state index in [1.54, 1.807) is 11.8 Å². The fourth-order valence-corrected chi connectivity index (χ4v) is 2.54. The van der Waals surface area contributed by atoms with Gasteiger partial charge in [-0.2, -0.15) is 0 Å². The first-order valence-corrected chi connectivity index (χ1v) is 7.41. The molecule has 0 unspecified atom stereocenters. The van der Waals surface area contributed by atoms with Crippen molar-refractivity contribution in [3.8, 4) is 0 Å². The van der Waals surface area contributed by atoms with Gasteiger partial charge in [0.05, 0.1) is 0 Å². The summed E-state index contributed by atoms with van der Waals surface area (Å²) in [6, 6.07) is 10.0. The molecule has 0 atom stereocenters. The monoisotopic (exact) mass is 306 g/mol. The Morgan fingerprint density at radius 2 is 1.85 bits per heavy atom. The minimum Gasteiger partial charge on any atom is -0.490 e. The van der Waals surface area contributed by atoms with Crippen LogP contribution < -0.4 is 0 Å². The third kappa shape index (κ3) is 7.27. The van der Waals surface area contributed by atoms with E-state index in [-0.39, 0.29) is 0 Å². The molecule has 0 bridgehead atoms. The van der Waals surface area contributed by atoms with Crippen LogP contribution in [0.3, 0.4) is 0 Å². The molecule has 0 aliphatic heterocycles. The molecule has 1 aromatic carbocycles. The molecule has 0 aliphatic carbocycles. The van der Waals surface area contributed by atoms with Crippen LogP contribution in [0, 0.1) is 0 Å². The van der Waals surface area contributed by atoms with Gasteiger partial charge < -0.3 is 4.74 Å². The highest BCUT2D eigenvalue weighted by molar-refractivity contribution is 8.06. The van der Waals surface area contributed by atoms with Gasteiger partial charge in [0, 0.05) is 9.94 Å². The predicted molar refractivity (Wildman–Crippen MR) is 90.5 cm³/mol. The number of thioether (sulfide) groups is 1. The van der Waals surface area contributed by atoms with Gasteiger partial charge in [-0.1, -0.05) is 66.9 Å². The maximum atomic E-state index is 5.80. The molecule has 0 amide bonds. The second-order valence-corrected chi connectivity index (χ2v) is 6.26. The van der Waals surface area contributed by atoms with Crippen molar-refractivity contribution < 1.29 is 4.74 Å². The molecule has 1 nitrogen and oxygen atoms in total. The molecule has 0 spiro atoms. The highest BCUT2D eigenvalue weighted by Gasteiger charge is 1.98. The maximum Gasteiger partial charge on any atom is 0.113 e. The van der Waals surface area contributed by atoms with E-state index >= 15 is 0 Å². The second kappa shape index (κ2) is 8.72. The first-order valence-electron chi connectivity index (χ1n) is 6.22. The van der Waals surface area contributed by atoms with Crippen LogP contribution in [0.5, 0.6) is 0 Å². The Bertz CT molecular complexity index is 525. The SMILES string of the molecule is C=C(/C=C(\C)SC(=C)/C=C(\C)Cl)OCc1ccccc1. The summed E-state index contributed by atoms with van der Waals surface area (Å²) >= 11 is 7.35. The van der Waals surface area contributed by atoms with E-state index in [2.05, 4.69) is 13.2 Å². The van der Waals surface area contributed by atoms with Crippen molar-refractivity contribution in [2.45, 2.75) is 20.5 Å². The topological polar surface area (TPSA) is 9.23 Å². The van der Waals surface area contributed by atoms with Gasteiger partial charge in [0.1, 0.15) is 12.4 Å². The molecular weight excluding hydrogens is 288 g/mol. The summed E-state index contributed by atoms with van der Waals surface area (Å²) in [5.74, 6) is 0.637. The molecule has 1 aromatic rings. The molecule has 20 heavy (non-hydrogen) atoms. The number of halogens is 1. The summed E-state index contributed by atoms with van der Waals surface area (Å²) in [5, 5.41) is 0.717. The molecule has 0 N–H and O–H groups in total. The van der Waals surface area contributed by atoms with Gasteiger partial charge in [-0.3, -0.25) is 0 Å². The first-order chi connectivity index (χ1) is 9.47. The molecule has 0 saturated carbocycles. The lowest BCUT2D eigenvalue weighted by atomic mass is 10.2. The minimum atomic E-state index is 0.524. The number of benzene rings is 1. The van der Waals surface area contributed by atoms with Crippen molar-refractivity contribution in [1.29, 1.82) is 0 Å². The summed E-state index contributed by atoms with van der Waals surface area (Å²) < 4.78 is 5.61. The molecule has 3 heteroatoms. The number of hydrogen-bond donors (Lipinski definition) is 0. The third-order valence-electron chi connectivity index (χ3n) is 2.28. The van der Waals surface area contributed by atoms with E-state index in [9.17, 15) is 0 Å². The number of hydrogen-bond acceptors (Lipinski definition) is 2. The van der Waals surface area contributed by atoms with Crippen molar-refractivity contribution in [3.63, 3.8) is 0 Å². The van der Waals surface area contributed by atoms with Gasteiger partial charge in [-0.15, -0.1) is 0 Å². The summed E-state index contributed by atoms with van der Waals surface area (Å²) in [4.78, 5) is 1.95. The normalized spacial score (nSPS) is 12.2. The van der Waals surface area contributed by atoms with Crippen LogP contribution in [-0.4, -0.2) is 0 Å². The van der Waals surface area contributed by atoms with Crippen LogP contribution in [0.15, 0.2) is 76.2 Å². The van der Waals surface area contributed by atoms with Crippen molar-refractivity contribution >= 4 is 23.4 Å². The van der Waals surface area contributed by atoms with Gasteiger partial charge >= 0.3 is 0 Å². The standard InChI is InChI=1S/C17H19ClOS/c1-13(18)10-15(3)20-16(4)11-14(2)19-12-17-8-6-5-7-9-17/h5-11H,2-3,12H2,1,4H3/b13-10+,16-11+. The van der Waals surface area contributed by atoms with Crippen LogP contribution in [-0.2, 0) is 11.3 Å². The molecule has 0 radical (unpaired) electrons. The zero-order valence-electron chi connectivity index (χ0n) is 11.9. The van der Waals surface area contributed by atoms with E-state index in [4.69, 9.17) is 16.3 Å². The Labute approximate surface area is 130 Å². The van der Waals surface area contributed by atoms with Crippen LogP contribution >= 0.6 is 23.4 Å². The fraction of sp³-hybridized carbons (Fsp3) is 0.176. The molecule has 0 aromatic heterocycles. The van der Waals surface area contributed by atoms with Crippen molar-refractivity contribution in [2.75, 3.05) is 0 Å². The summed E-state index contributed by atoms with van der Waals surface area (Å²) in [5.41, 5.74) is 1.12. The van der Waals surface area contributed by atoms with Crippen LogP contribution in [0.25, 0.3) is 0 Å².